The third-order valence-electron chi connectivity index (χ3n) is 3.83. The van der Waals surface area contributed by atoms with E-state index >= 15 is 0 Å². The predicted octanol–water partition coefficient (Wildman–Crippen LogP) is 4.27. The highest BCUT2D eigenvalue weighted by Crippen LogP contribution is 2.21. The highest BCUT2D eigenvalue weighted by Gasteiger charge is 2.19. The summed E-state index contributed by atoms with van der Waals surface area (Å²) in [5.41, 5.74) is 0.901. The second-order valence-corrected chi connectivity index (χ2v) is 8.09. The number of rotatable bonds is 4. The molecule has 0 spiro atoms. The Morgan fingerprint density at radius 2 is 1.78 bits per heavy atom. The topological polar surface area (TPSA) is 76.1 Å². The molecule has 3 aromatic rings. The lowest BCUT2D eigenvalue weighted by molar-refractivity contribution is 0.102. The van der Waals surface area contributed by atoms with Crippen LogP contribution in [-0.2, 0) is 9.84 Å². The fraction of sp³-hybridized carbons (Fsp3) is 0.0526. The zero-order valence-electron chi connectivity index (χ0n) is 14.1. The molecule has 3 rings (SSSR count). The number of halogens is 2. The van der Waals surface area contributed by atoms with Crippen molar-refractivity contribution in [3.8, 4) is 0 Å². The number of nitrogens with one attached hydrogen (secondary N) is 1. The van der Waals surface area contributed by atoms with Crippen LogP contribution in [0.2, 0.25) is 5.02 Å². The Hall–Kier alpha value is -2.77. The van der Waals surface area contributed by atoms with Gasteiger partial charge in [0.2, 0.25) is 9.84 Å². The van der Waals surface area contributed by atoms with E-state index in [9.17, 15) is 17.6 Å². The van der Waals surface area contributed by atoms with Crippen molar-refractivity contribution >= 4 is 33.0 Å². The predicted molar refractivity (Wildman–Crippen MR) is 100 cm³/mol. The summed E-state index contributed by atoms with van der Waals surface area (Å²) in [7, 11) is -3.82. The Balaban J connectivity index is 1.81. The summed E-state index contributed by atoms with van der Waals surface area (Å²) in [4.78, 5) is 16.2. The molecule has 0 fully saturated rings. The van der Waals surface area contributed by atoms with Crippen LogP contribution in [-0.4, -0.2) is 19.3 Å². The summed E-state index contributed by atoms with van der Waals surface area (Å²) in [6.45, 7) is 1.62. The van der Waals surface area contributed by atoms with Gasteiger partial charge >= 0.3 is 0 Å². The number of sulfone groups is 1. The van der Waals surface area contributed by atoms with E-state index in [1.807, 2.05) is 0 Å². The molecule has 0 aliphatic heterocycles. The maximum absolute atomic E-state index is 13.6. The third-order valence-corrected chi connectivity index (χ3v) is 5.76. The summed E-state index contributed by atoms with van der Waals surface area (Å²) < 4.78 is 38.6. The number of pyridine rings is 1. The average Bonchev–Trinajstić information content (AvgIpc) is 2.65. The van der Waals surface area contributed by atoms with Crippen molar-refractivity contribution in [1.29, 1.82) is 0 Å². The lowest BCUT2D eigenvalue weighted by Gasteiger charge is -2.07. The molecule has 0 bridgehead atoms. The summed E-state index contributed by atoms with van der Waals surface area (Å²) in [6.07, 6.45) is 1.16. The van der Waals surface area contributed by atoms with Crippen LogP contribution in [0.4, 0.5) is 10.1 Å². The van der Waals surface area contributed by atoms with Gasteiger partial charge in [0.05, 0.1) is 10.5 Å². The average molecular weight is 405 g/mol. The lowest BCUT2D eigenvalue weighted by Crippen LogP contribution is -2.13. The minimum atomic E-state index is -3.82. The van der Waals surface area contributed by atoms with Crippen LogP contribution >= 0.6 is 11.6 Å². The quantitative estimate of drug-likeness (QED) is 0.704. The molecule has 1 aromatic heterocycles. The normalized spacial score (nSPS) is 11.2. The van der Waals surface area contributed by atoms with Crippen molar-refractivity contribution in [1.82, 2.24) is 4.98 Å². The number of hydrogen-bond donors (Lipinski definition) is 1. The molecule has 0 atom stereocenters. The van der Waals surface area contributed by atoms with Gasteiger partial charge in [-0.3, -0.25) is 4.79 Å². The first kappa shape index (κ1) is 19.0. The number of anilines is 1. The summed E-state index contributed by atoms with van der Waals surface area (Å²) in [6, 6.07) is 12.6. The van der Waals surface area contributed by atoms with Gasteiger partial charge in [0, 0.05) is 16.9 Å². The van der Waals surface area contributed by atoms with E-state index in [-0.39, 0.29) is 15.5 Å². The van der Waals surface area contributed by atoms with Gasteiger partial charge in [-0.05, 0) is 61.0 Å². The fourth-order valence-corrected chi connectivity index (χ4v) is 3.58. The molecular weight excluding hydrogens is 391 g/mol. The number of aryl methyl sites for hydroxylation is 1. The second kappa shape index (κ2) is 7.46. The van der Waals surface area contributed by atoms with E-state index in [0.717, 1.165) is 6.20 Å². The maximum atomic E-state index is 13.6. The van der Waals surface area contributed by atoms with E-state index in [2.05, 4.69) is 10.3 Å². The molecule has 27 heavy (non-hydrogen) atoms. The van der Waals surface area contributed by atoms with E-state index in [4.69, 9.17) is 11.6 Å². The number of nitrogens with zero attached hydrogens (tertiary/aromatic N) is 1. The Morgan fingerprint density at radius 1 is 1.07 bits per heavy atom. The Bertz CT molecular complexity index is 1100. The van der Waals surface area contributed by atoms with Crippen molar-refractivity contribution in [2.45, 2.75) is 16.8 Å². The van der Waals surface area contributed by atoms with Crippen LogP contribution in [0.3, 0.4) is 0 Å². The molecule has 1 heterocycles. The highest BCUT2D eigenvalue weighted by molar-refractivity contribution is 7.91. The summed E-state index contributed by atoms with van der Waals surface area (Å²) in [5, 5.41) is 2.77. The largest absolute Gasteiger partial charge is 0.322 e. The number of carbonyl (C=O) groups excluding carboxylic acids is 1. The molecule has 1 N–H and O–H groups in total. The molecule has 0 saturated heterocycles. The van der Waals surface area contributed by atoms with Gasteiger partial charge in [-0.15, -0.1) is 0 Å². The molecule has 0 aliphatic carbocycles. The second-order valence-electron chi connectivity index (χ2n) is 5.76. The molecule has 1 amide bonds. The zero-order chi connectivity index (χ0) is 19.6. The van der Waals surface area contributed by atoms with E-state index in [1.54, 1.807) is 19.1 Å². The van der Waals surface area contributed by atoms with Crippen LogP contribution in [0, 0.1) is 12.7 Å². The molecule has 0 radical (unpaired) electrons. The number of carbonyl (C=O) groups is 1. The van der Waals surface area contributed by atoms with Gasteiger partial charge in [-0.2, -0.15) is 0 Å². The van der Waals surface area contributed by atoms with Crippen LogP contribution in [0.5, 0.6) is 0 Å². The maximum Gasteiger partial charge on any atom is 0.257 e. The molecular formula is C19H14ClFN2O3S. The van der Waals surface area contributed by atoms with Gasteiger partial charge in [0.15, 0.2) is 5.03 Å². The van der Waals surface area contributed by atoms with Gasteiger partial charge in [-0.25, -0.2) is 17.8 Å². The zero-order valence-corrected chi connectivity index (χ0v) is 15.7. The minimum absolute atomic E-state index is 0.0479. The Labute approximate surface area is 160 Å². The van der Waals surface area contributed by atoms with E-state index < -0.39 is 21.6 Å². The van der Waals surface area contributed by atoms with Gasteiger partial charge in [-0.1, -0.05) is 17.7 Å². The monoisotopic (exact) mass is 404 g/mol. The van der Waals surface area contributed by atoms with Gasteiger partial charge in [0.1, 0.15) is 5.82 Å². The Morgan fingerprint density at radius 3 is 2.37 bits per heavy atom. The number of aromatic nitrogens is 1. The summed E-state index contributed by atoms with van der Waals surface area (Å²) >= 11 is 5.77. The van der Waals surface area contributed by atoms with Gasteiger partial charge < -0.3 is 5.32 Å². The van der Waals surface area contributed by atoms with Crippen molar-refractivity contribution in [2.75, 3.05) is 5.32 Å². The molecule has 138 valence electrons. The summed E-state index contributed by atoms with van der Waals surface area (Å²) in [5.74, 6) is -0.962. The smallest absolute Gasteiger partial charge is 0.257 e. The number of hydrogen-bond acceptors (Lipinski definition) is 4. The molecule has 2 aromatic carbocycles. The first-order chi connectivity index (χ1) is 12.8. The lowest BCUT2D eigenvalue weighted by atomic mass is 10.2. The molecule has 8 heteroatoms. The van der Waals surface area contributed by atoms with Gasteiger partial charge in [0.25, 0.3) is 5.91 Å². The van der Waals surface area contributed by atoms with Crippen LogP contribution in [0.25, 0.3) is 0 Å². The fourth-order valence-electron chi connectivity index (χ4n) is 2.28. The van der Waals surface area contributed by atoms with Crippen molar-refractivity contribution in [2.24, 2.45) is 0 Å². The SMILES string of the molecule is Cc1ccc(NC(=O)c2ccc(S(=O)(=O)c3ccc(Cl)cc3)nc2)cc1F. The van der Waals surface area contributed by atoms with E-state index in [0.29, 0.717) is 16.3 Å². The minimum Gasteiger partial charge on any atom is -0.322 e. The van der Waals surface area contributed by atoms with E-state index in [1.165, 1.54) is 42.5 Å². The number of amides is 1. The van der Waals surface area contributed by atoms with Crippen molar-refractivity contribution in [3.63, 3.8) is 0 Å². The van der Waals surface area contributed by atoms with Crippen LogP contribution in [0.1, 0.15) is 15.9 Å². The molecule has 0 unspecified atom stereocenters. The molecule has 0 saturated carbocycles. The van der Waals surface area contributed by atoms with Crippen molar-refractivity contribution in [3.05, 3.63) is 82.8 Å². The highest BCUT2D eigenvalue weighted by atomic mass is 35.5. The number of benzene rings is 2. The Kier molecular flexibility index (Phi) is 5.25. The standard InChI is InChI=1S/C19H14ClFN2O3S/c1-12-2-6-15(10-17(12)21)23-19(24)13-3-9-18(22-11-13)27(25,26)16-7-4-14(20)5-8-16/h2-11H,1H3,(H,23,24). The third kappa shape index (κ3) is 4.15. The first-order valence-electron chi connectivity index (χ1n) is 7.81. The first-order valence-corrected chi connectivity index (χ1v) is 9.68. The van der Waals surface area contributed by atoms with Crippen LogP contribution in [0.15, 0.2) is 70.7 Å². The van der Waals surface area contributed by atoms with Crippen LogP contribution < -0.4 is 5.32 Å². The molecule has 5 nitrogen and oxygen atoms in total. The van der Waals surface area contributed by atoms with Crippen molar-refractivity contribution < 1.29 is 17.6 Å². The molecule has 0 aliphatic rings.